The summed E-state index contributed by atoms with van der Waals surface area (Å²) in [5.74, 6) is -5.96. The minimum Gasteiger partial charge on any atom is -0.462 e. The summed E-state index contributed by atoms with van der Waals surface area (Å²) in [4.78, 5) is 64.9. The number of aliphatic hydroxyl groups excluding tert-OH is 1. The van der Waals surface area contributed by atoms with Crippen molar-refractivity contribution >= 4 is 29.2 Å². The Bertz CT molecular complexity index is 1520. The fourth-order valence-electron chi connectivity index (χ4n) is 8.70. The Morgan fingerprint density at radius 2 is 1.52 bits per heavy atom. The van der Waals surface area contributed by atoms with E-state index in [2.05, 4.69) is 26.0 Å². The van der Waals surface area contributed by atoms with Gasteiger partial charge in [0.15, 0.2) is 0 Å². The summed E-state index contributed by atoms with van der Waals surface area (Å²) < 4.78 is 11.2. The molecular formula is C50H81NO10. The number of carbonyl (C=O) groups is 5. The number of nitrogens with zero attached hydrogens (tertiary/aromatic N) is 1. The predicted octanol–water partition coefficient (Wildman–Crippen LogP) is 8.58. The van der Waals surface area contributed by atoms with Crippen LogP contribution in [0.2, 0.25) is 0 Å². The molecule has 2 aliphatic rings. The lowest BCUT2D eigenvalue weighted by molar-refractivity contribution is -0.204. The van der Waals surface area contributed by atoms with E-state index in [1.54, 1.807) is 34.0 Å². The highest BCUT2D eigenvalue weighted by Crippen LogP contribution is 2.33. The second-order valence-electron chi connectivity index (χ2n) is 18.6. The third-order valence-electron chi connectivity index (χ3n) is 13.0. The smallest absolute Gasteiger partial charge is 0.302 e. The Labute approximate surface area is 367 Å². The van der Waals surface area contributed by atoms with Crippen molar-refractivity contribution in [3.63, 3.8) is 0 Å². The van der Waals surface area contributed by atoms with Gasteiger partial charge in [-0.3, -0.25) is 24.0 Å². The lowest BCUT2D eigenvalue weighted by Gasteiger charge is -2.32. The molecule has 1 heterocycles. The number of methoxy groups -OCH3 is 1. The number of aliphatic hydroxyl groups is 3. The maximum Gasteiger partial charge on any atom is 0.302 e. The molecule has 0 bridgehead atoms. The van der Waals surface area contributed by atoms with Crippen LogP contribution in [0.3, 0.4) is 0 Å². The number of likely N-dealkylation sites (tertiary alicyclic amines) is 1. The molecule has 3 N–H and O–H groups in total. The molecule has 11 nitrogen and oxygen atoms in total. The van der Waals surface area contributed by atoms with E-state index in [0.717, 1.165) is 70.6 Å². The van der Waals surface area contributed by atoms with E-state index in [1.165, 1.54) is 17.4 Å². The number of amides is 1. The van der Waals surface area contributed by atoms with E-state index in [-0.39, 0.29) is 48.3 Å². The Morgan fingerprint density at radius 1 is 0.836 bits per heavy atom. The maximum atomic E-state index is 13.3. The molecule has 0 aromatic rings. The minimum absolute atomic E-state index is 0.0170. The number of carbonyl (C=O) groups excluding carboxylic acids is 5. The maximum absolute atomic E-state index is 13.3. The van der Waals surface area contributed by atoms with Crippen LogP contribution >= 0.6 is 0 Å². The Morgan fingerprint density at radius 3 is 2.18 bits per heavy atom. The van der Waals surface area contributed by atoms with Gasteiger partial charge in [0.2, 0.25) is 5.79 Å². The quantitative estimate of drug-likeness (QED) is 0.0182. The van der Waals surface area contributed by atoms with Crippen LogP contribution in [-0.2, 0) is 33.4 Å². The van der Waals surface area contributed by atoms with Crippen LogP contribution in [0.4, 0.5) is 0 Å². The summed E-state index contributed by atoms with van der Waals surface area (Å²) in [6.45, 7) is 15.5. The summed E-state index contributed by atoms with van der Waals surface area (Å²) in [5.41, 5.74) is 1.78. The standard InChI is InChI=1S/C50H81NO10/c1-34(21-14-11-16-23-40(7)50(58,59)48(56)49(57)51-26-17-12-18-27-51)20-13-10-15-22-35(2)28-36(3)44(53)32-45(54)37(4)29-38(5)46(55)33-47(61-41(8)52)39(6)30-42-24-19-25-43(31-42)60-9/h10,13,15,20,22,29,35-36,38-40,42-43,45,47,54,58-59H,11-12,14,16-19,21,23-28,30-33H2,1-9H3/b13-10+,22-15+,34-20+,37-29+/t35-,36-,38-,39-,40-,42+,43+,45+,47+/m1/s1. The molecule has 346 valence electrons. The van der Waals surface area contributed by atoms with Crippen molar-refractivity contribution in [2.45, 2.75) is 182 Å². The molecule has 1 aliphatic carbocycles. The van der Waals surface area contributed by atoms with Crippen LogP contribution in [0, 0.1) is 35.5 Å². The molecule has 61 heavy (non-hydrogen) atoms. The number of unbranched alkanes of at least 4 members (excludes halogenated alkanes) is 2. The highest BCUT2D eigenvalue weighted by Gasteiger charge is 2.44. The van der Waals surface area contributed by atoms with Gasteiger partial charge in [0.1, 0.15) is 17.7 Å². The first-order valence-electron chi connectivity index (χ1n) is 23.2. The zero-order valence-corrected chi connectivity index (χ0v) is 39.0. The molecule has 2 fully saturated rings. The van der Waals surface area contributed by atoms with Crippen molar-refractivity contribution < 1.29 is 48.8 Å². The largest absolute Gasteiger partial charge is 0.462 e. The first kappa shape index (κ1) is 53.9. The van der Waals surface area contributed by atoms with Crippen molar-refractivity contribution in [1.82, 2.24) is 4.90 Å². The highest BCUT2D eigenvalue weighted by molar-refractivity contribution is 6.38. The number of ketones is 3. The monoisotopic (exact) mass is 856 g/mol. The van der Waals surface area contributed by atoms with Gasteiger partial charge in [-0.2, -0.15) is 0 Å². The van der Waals surface area contributed by atoms with Crippen molar-refractivity contribution in [3.05, 3.63) is 47.6 Å². The number of Topliss-reactive ketones (excluding diaryl/α,β-unsaturated/α-hetero) is 3. The topological polar surface area (TPSA) is 168 Å². The van der Waals surface area contributed by atoms with Gasteiger partial charge >= 0.3 is 5.97 Å². The summed E-state index contributed by atoms with van der Waals surface area (Å²) >= 11 is 0. The minimum atomic E-state index is -2.65. The van der Waals surface area contributed by atoms with E-state index in [0.29, 0.717) is 43.8 Å². The van der Waals surface area contributed by atoms with Gasteiger partial charge in [-0.05, 0) is 101 Å². The van der Waals surface area contributed by atoms with E-state index in [4.69, 9.17) is 9.47 Å². The lowest BCUT2D eigenvalue weighted by Crippen LogP contribution is -2.53. The summed E-state index contributed by atoms with van der Waals surface area (Å²) in [5, 5.41) is 31.9. The third kappa shape index (κ3) is 19.8. The molecule has 0 aromatic heterocycles. The normalized spacial score (nSPS) is 21.7. The van der Waals surface area contributed by atoms with Gasteiger partial charge in [-0.25, -0.2) is 0 Å². The van der Waals surface area contributed by atoms with E-state index in [9.17, 15) is 39.3 Å². The predicted molar refractivity (Wildman–Crippen MR) is 240 cm³/mol. The molecule has 9 atom stereocenters. The molecule has 1 saturated heterocycles. The van der Waals surface area contributed by atoms with Gasteiger partial charge in [0, 0.05) is 57.7 Å². The number of piperidine rings is 1. The SMILES string of the molecule is CO[C@H]1CCC[C@@H](C[C@@H](C)[C@H](CC(=O)[C@H](C)/C=C(\C)[C@@H](O)CC(=O)[C@H](C)C[C@H](C)/C=C/C=C/C=C(\C)CCCCC[C@@H](C)C(O)(O)C(=O)C(=O)N2CCCCC2)OC(C)=O)C1. The Kier molecular flexibility index (Phi) is 24.5. The molecule has 0 unspecified atom stereocenters. The molecule has 1 aliphatic heterocycles. The van der Waals surface area contributed by atoms with Crippen LogP contribution in [0.1, 0.15) is 158 Å². The Balaban J connectivity index is 1.74. The molecular weight excluding hydrogens is 775 g/mol. The average molecular weight is 856 g/mol. The number of rotatable bonds is 27. The Hall–Kier alpha value is -3.25. The summed E-state index contributed by atoms with van der Waals surface area (Å²) in [6, 6.07) is 0. The van der Waals surface area contributed by atoms with Gasteiger partial charge < -0.3 is 29.7 Å². The zero-order chi connectivity index (χ0) is 45.7. The second-order valence-corrected chi connectivity index (χ2v) is 18.6. The van der Waals surface area contributed by atoms with Crippen LogP contribution < -0.4 is 0 Å². The van der Waals surface area contributed by atoms with Crippen LogP contribution in [0.15, 0.2) is 47.6 Å². The molecule has 1 saturated carbocycles. The fraction of sp³-hybridized carbons (Fsp3) is 0.740. The first-order valence-corrected chi connectivity index (χ1v) is 23.2. The van der Waals surface area contributed by atoms with Gasteiger partial charge in [-0.1, -0.05) is 102 Å². The number of ether oxygens (including phenoxy) is 2. The van der Waals surface area contributed by atoms with Gasteiger partial charge in [0.05, 0.1) is 12.2 Å². The van der Waals surface area contributed by atoms with Crippen molar-refractivity contribution in [3.8, 4) is 0 Å². The van der Waals surface area contributed by atoms with Crippen LogP contribution in [0.5, 0.6) is 0 Å². The number of esters is 1. The van der Waals surface area contributed by atoms with Crippen molar-refractivity contribution in [2.24, 2.45) is 35.5 Å². The van der Waals surface area contributed by atoms with E-state index >= 15 is 0 Å². The zero-order valence-electron chi connectivity index (χ0n) is 39.0. The fourth-order valence-corrected chi connectivity index (χ4v) is 8.70. The van der Waals surface area contributed by atoms with E-state index < -0.39 is 47.5 Å². The lowest BCUT2D eigenvalue weighted by atomic mass is 9.79. The molecule has 0 spiro atoms. The molecule has 1 amide bonds. The van der Waals surface area contributed by atoms with E-state index in [1.807, 2.05) is 32.1 Å². The van der Waals surface area contributed by atoms with Crippen molar-refractivity contribution in [1.29, 1.82) is 0 Å². The average Bonchev–Trinajstić information content (AvgIpc) is 3.22. The van der Waals surface area contributed by atoms with Gasteiger partial charge in [0.25, 0.3) is 11.7 Å². The second kappa shape index (κ2) is 27.7. The number of allylic oxidation sites excluding steroid dienone is 7. The molecule has 0 radical (unpaired) electrons. The summed E-state index contributed by atoms with van der Waals surface area (Å²) in [6.07, 6.45) is 22.8. The number of hydrogen-bond acceptors (Lipinski definition) is 10. The first-order chi connectivity index (χ1) is 28.8. The van der Waals surface area contributed by atoms with Crippen LogP contribution in [-0.4, -0.2) is 93.7 Å². The summed E-state index contributed by atoms with van der Waals surface area (Å²) in [7, 11) is 1.75. The molecule has 2 rings (SSSR count). The highest BCUT2D eigenvalue weighted by atomic mass is 16.5. The third-order valence-corrected chi connectivity index (χ3v) is 13.0. The van der Waals surface area contributed by atoms with Gasteiger partial charge in [-0.15, -0.1) is 0 Å². The van der Waals surface area contributed by atoms with Crippen LogP contribution in [0.25, 0.3) is 0 Å². The number of hydrogen-bond donors (Lipinski definition) is 3. The van der Waals surface area contributed by atoms with Crippen molar-refractivity contribution in [2.75, 3.05) is 20.2 Å². The molecule has 0 aromatic carbocycles. The molecule has 11 heteroatoms.